The Hall–Kier alpha value is -2.69. The van der Waals surface area contributed by atoms with Gasteiger partial charge >= 0.3 is 0 Å². The van der Waals surface area contributed by atoms with Gasteiger partial charge in [0.25, 0.3) is 0 Å². The highest BCUT2D eigenvalue weighted by molar-refractivity contribution is 7.13. The molecule has 0 unspecified atom stereocenters. The van der Waals surface area contributed by atoms with Gasteiger partial charge in [-0.1, -0.05) is 57.9 Å². The summed E-state index contributed by atoms with van der Waals surface area (Å²) >= 11 is 7.24. The molecule has 13 nitrogen and oxygen atoms in total. The topological polar surface area (TPSA) is 158 Å². The van der Waals surface area contributed by atoms with E-state index in [9.17, 15) is 19.5 Å². The summed E-state index contributed by atoms with van der Waals surface area (Å²) in [6.45, 7) is 11.5. The van der Waals surface area contributed by atoms with Gasteiger partial charge in [0.1, 0.15) is 18.7 Å². The molecule has 0 saturated carbocycles. The molecule has 53 heavy (non-hydrogen) atoms. The molecule has 15 heteroatoms. The number of thiazole rings is 1. The van der Waals surface area contributed by atoms with Gasteiger partial charge in [-0.05, 0) is 36.3 Å². The molecule has 1 aromatic heterocycles. The summed E-state index contributed by atoms with van der Waals surface area (Å²) in [5, 5.41) is 16.2. The first-order valence-corrected chi connectivity index (χ1v) is 19.9. The molecule has 0 bridgehead atoms. The Morgan fingerprint density at radius 3 is 2.06 bits per heavy atom. The lowest BCUT2D eigenvalue weighted by Crippen LogP contribution is -2.58. The Labute approximate surface area is 323 Å². The van der Waals surface area contributed by atoms with Crippen LogP contribution in [0.4, 0.5) is 0 Å². The smallest absolute Gasteiger partial charge is 0.246 e. The zero-order valence-corrected chi connectivity index (χ0v) is 33.3. The molecule has 1 saturated heterocycles. The number of alkyl halides is 1. The number of rotatable bonds is 26. The minimum absolute atomic E-state index is 0.00179. The predicted octanol–water partition coefficient (Wildman–Crippen LogP) is 4.11. The van der Waals surface area contributed by atoms with Crippen LogP contribution in [0.2, 0.25) is 0 Å². The lowest BCUT2D eigenvalue weighted by atomic mass is 9.85. The standard InChI is InChI=1S/C38H59ClN4O9S/c1-28-34(53-27-41-28)30-11-9-29(10-12-30)24-40-36(46)32-23-31(44)25-43(32)37(47)35(38(2,3)4)42-33(45)26-52-22-21-51-20-19-50-18-17-49-16-15-48-14-8-6-5-7-13-39/h9-12,27,31-32,35,44H,5-8,13-26H2,1-4H3,(H,40,46)(H,42,45)/t31-,32+,35-/m1/s1. The number of ether oxygens (including phenoxy) is 5. The third-order valence-corrected chi connectivity index (χ3v) is 9.85. The van der Waals surface area contributed by atoms with Crippen LogP contribution in [0, 0.1) is 12.3 Å². The van der Waals surface area contributed by atoms with Crippen molar-refractivity contribution in [2.24, 2.45) is 5.41 Å². The average Bonchev–Trinajstić information content (AvgIpc) is 3.75. The van der Waals surface area contributed by atoms with Gasteiger partial charge in [-0.2, -0.15) is 0 Å². The fraction of sp³-hybridized carbons (Fsp3) is 0.684. The van der Waals surface area contributed by atoms with E-state index in [0.29, 0.717) is 39.6 Å². The van der Waals surface area contributed by atoms with Crippen LogP contribution in [0.15, 0.2) is 29.8 Å². The van der Waals surface area contributed by atoms with Crippen molar-refractivity contribution >= 4 is 40.7 Å². The molecule has 3 N–H and O–H groups in total. The minimum atomic E-state index is -0.941. The van der Waals surface area contributed by atoms with Gasteiger partial charge in [0.05, 0.1) is 75.0 Å². The number of nitrogens with one attached hydrogen (secondary N) is 2. The van der Waals surface area contributed by atoms with Crippen molar-refractivity contribution in [3.05, 3.63) is 41.0 Å². The fourth-order valence-corrected chi connectivity index (χ4v) is 6.68. The number of hydrogen-bond acceptors (Lipinski definition) is 11. The van der Waals surface area contributed by atoms with Crippen molar-refractivity contribution in [1.29, 1.82) is 0 Å². The maximum Gasteiger partial charge on any atom is 0.246 e. The van der Waals surface area contributed by atoms with Crippen molar-refractivity contribution in [3.8, 4) is 10.4 Å². The van der Waals surface area contributed by atoms with Gasteiger partial charge < -0.3 is 44.3 Å². The van der Waals surface area contributed by atoms with Crippen LogP contribution in [0.3, 0.4) is 0 Å². The number of benzene rings is 1. The molecule has 0 radical (unpaired) electrons. The van der Waals surface area contributed by atoms with Crippen LogP contribution in [-0.2, 0) is 44.6 Å². The molecule has 3 atom stereocenters. The number of nitrogens with zero attached hydrogens (tertiary/aromatic N) is 2. The molecule has 0 aliphatic carbocycles. The Bertz CT molecular complexity index is 1360. The summed E-state index contributed by atoms with van der Waals surface area (Å²) in [5.41, 5.74) is 4.07. The van der Waals surface area contributed by atoms with E-state index in [-0.39, 0.29) is 45.2 Å². The van der Waals surface area contributed by atoms with Gasteiger partial charge in [-0.25, -0.2) is 4.98 Å². The number of amides is 3. The molecule has 1 aromatic carbocycles. The van der Waals surface area contributed by atoms with E-state index in [4.69, 9.17) is 35.3 Å². The SMILES string of the molecule is Cc1ncsc1-c1ccc(CNC(=O)[C@@H]2C[C@@H](O)CN2C(=O)[C@@H](NC(=O)COCCOCCOCCOCCOCCCCCCCl)C(C)(C)C)cc1. The quantitative estimate of drug-likeness (QED) is 0.0938. The van der Waals surface area contributed by atoms with E-state index in [1.807, 2.05) is 57.5 Å². The summed E-state index contributed by atoms with van der Waals surface area (Å²) in [6.07, 6.45) is 3.62. The maximum atomic E-state index is 13.8. The molecule has 298 valence electrons. The van der Waals surface area contributed by atoms with E-state index in [2.05, 4.69) is 15.6 Å². The first-order valence-electron chi connectivity index (χ1n) is 18.5. The normalized spacial score (nSPS) is 16.5. The number of unbranched alkanes of at least 4 members (excludes halogenated alkanes) is 3. The highest BCUT2D eigenvalue weighted by atomic mass is 35.5. The van der Waals surface area contributed by atoms with Crippen LogP contribution in [0.25, 0.3) is 10.4 Å². The number of carbonyl (C=O) groups excluding carboxylic acids is 3. The molecule has 1 aliphatic rings. The first-order chi connectivity index (χ1) is 25.5. The summed E-state index contributed by atoms with van der Waals surface area (Å²) in [4.78, 5) is 46.7. The molecule has 1 fully saturated rings. The van der Waals surface area contributed by atoms with Gasteiger partial charge in [-0.15, -0.1) is 22.9 Å². The Balaban J connectivity index is 1.30. The van der Waals surface area contributed by atoms with E-state index in [1.165, 1.54) is 4.90 Å². The van der Waals surface area contributed by atoms with Gasteiger partial charge in [0.15, 0.2) is 0 Å². The largest absolute Gasteiger partial charge is 0.391 e. The minimum Gasteiger partial charge on any atom is -0.391 e. The Morgan fingerprint density at radius 1 is 0.906 bits per heavy atom. The highest BCUT2D eigenvalue weighted by Gasteiger charge is 2.44. The number of β-amino-alcohol motifs (C(OH)–C–C–N with tert-alkyl or cyclic N) is 1. The molecule has 3 amide bonds. The zero-order valence-electron chi connectivity index (χ0n) is 31.7. The molecular weight excluding hydrogens is 724 g/mol. The number of aliphatic hydroxyl groups is 1. The predicted molar refractivity (Wildman–Crippen MR) is 205 cm³/mol. The molecule has 1 aliphatic heterocycles. The highest BCUT2D eigenvalue weighted by Crippen LogP contribution is 2.28. The van der Waals surface area contributed by atoms with Crippen LogP contribution in [-0.4, -0.2) is 129 Å². The Morgan fingerprint density at radius 2 is 1.49 bits per heavy atom. The van der Waals surface area contributed by atoms with Crippen molar-refractivity contribution in [2.45, 2.75) is 84.5 Å². The van der Waals surface area contributed by atoms with Crippen LogP contribution < -0.4 is 10.6 Å². The third kappa shape index (κ3) is 16.7. The van der Waals surface area contributed by atoms with E-state index in [1.54, 1.807) is 11.3 Å². The second kappa shape index (κ2) is 24.7. The van der Waals surface area contributed by atoms with Crippen molar-refractivity contribution < 1.29 is 43.2 Å². The first kappa shape index (κ1) is 44.7. The van der Waals surface area contributed by atoms with Crippen LogP contribution >= 0.6 is 22.9 Å². The Kier molecular flexibility index (Phi) is 20.8. The maximum absolute atomic E-state index is 13.8. The van der Waals surface area contributed by atoms with Crippen LogP contribution in [0.5, 0.6) is 0 Å². The second-order valence-corrected chi connectivity index (χ2v) is 15.3. The number of aryl methyl sites for hydroxylation is 1. The molecular formula is C38H59ClN4O9S. The van der Waals surface area contributed by atoms with Crippen molar-refractivity contribution in [1.82, 2.24) is 20.5 Å². The molecule has 2 aromatic rings. The van der Waals surface area contributed by atoms with Gasteiger partial charge in [0.2, 0.25) is 17.7 Å². The fourth-order valence-electron chi connectivity index (χ4n) is 5.68. The van der Waals surface area contributed by atoms with E-state index >= 15 is 0 Å². The molecule has 0 spiro atoms. The number of aromatic nitrogens is 1. The number of halogens is 1. The number of hydrogen-bond donors (Lipinski definition) is 3. The third-order valence-electron chi connectivity index (χ3n) is 8.60. The van der Waals surface area contributed by atoms with E-state index < -0.39 is 35.4 Å². The second-order valence-electron chi connectivity index (χ2n) is 14.0. The number of carbonyl (C=O) groups is 3. The molecule has 3 rings (SSSR count). The summed E-state index contributed by atoms with van der Waals surface area (Å²) in [5.74, 6) is -0.542. The van der Waals surface area contributed by atoms with E-state index in [0.717, 1.165) is 59.9 Å². The summed E-state index contributed by atoms with van der Waals surface area (Å²) in [6, 6.07) is 6.07. The lowest BCUT2D eigenvalue weighted by molar-refractivity contribution is -0.144. The number of likely N-dealkylation sites (tertiary alicyclic amines) is 1. The summed E-state index contributed by atoms with van der Waals surface area (Å²) in [7, 11) is 0. The monoisotopic (exact) mass is 782 g/mol. The van der Waals surface area contributed by atoms with Gasteiger partial charge in [-0.3, -0.25) is 14.4 Å². The van der Waals surface area contributed by atoms with Crippen molar-refractivity contribution in [3.63, 3.8) is 0 Å². The number of aliphatic hydroxyl groups excluding tert-OH is 1. The average molecular weight is 783 g/mol. The zero-order chi connectivity index (χ0) is 38.5. The van der Waals surface area contributed by atoms with Crippen LogP contribution in [0.1, 0.15) is 64.1 Å². The molecule has 2 heterocycles. The lowest BCUT2D eigenvalue weighted by Gasteiger charge is -2.35. The summed E-state index contributed by atoms with van der Waals surface area (Å²) < 4.78 is 27.5. The van der Waals surface area contributed by atoms with Gasteiger partial charge in [0, 0.05) is 32.0 Å². The van der Waals surface area contributed by atoms with Crippen molar-refractivity contribution in [2.75, 3.05) is 78.5 Å².